The van der Waals surface area contributed by atoms with Crippen LogP contribution in [0.1, 0.15) is 18.5 Å². The van der Waals surface area contributed by atoms with Gasteiger partial charge in [0, 0.05) is 25.2 Å². The molecule has 0 saturated carbocycles. The predicted molar refractivity (Wildman–Crippen MR) is 60.9 cm³/mol. The Morgan fingerprint density at radius 3 is 2.29 bits per heavy atom. The Balaban J connectivity index is 2.06. The average Bonchev–Trinajstić information content (AvgIpc) is 2.12. The summed E-state index contributed by atoms with van der Waals surface area (Å²) in [5.41, 5.74) is 0.784. The molecule has 0 aliphatic carbocycles. The lowest BCUT2D eigenvalue weighted by Gasteiger charge is -2.41. The molecule has 0 spiro atoms. The number of aromatic hydroxyl groups is 2. The van der Waals surface area contributed by atoms with E-state index in [0.717, 1.165) is 5.56 Å². The Bertz CT molecular complexity index is 420. The average molecular weight is 237 g/mol. The first-order valence-electron chi connectivity index (χ1n) is 5.47. The van der Waals surface area contributed by atoms with Gasteiger partial charge in [-0.15, -0.1) is 0 Å². The van der Waals surface area contributed by atoms with Gasteiger partial charge in [0.15, 0.2) is 0 Å². The summed E-state index contributed by atoms with van der Waals surface area (Å²) in [6.07, 6.45) is 0. The van der Waals surface area contributed by atoms with Gasteiger partial charge in [-0.3, -0.25) is 9.69 Å². The molecule has 5 nitrogen and oxygen atoms in total. The van der Waals surface area contributed by atoms with Crippen molar-refractivity contribution in [2.45, 2.75) is 13.0 Å². The highest BCUT2D eigenvalue weighted by atomic mass is 16.4. The summed E-state index contributed by atoms with van der Waals surface area (Å²) in [6.45, 7) is 2.94. The Morgan fingerprint density at radius 2 is 1.82 bits per heavy atom. The molecule has 1 heterocycles. The molecule has 0 bridgehead atoms. The summed E-state index contributed by atoms with van der Waals surface area (Å²) in [4.78, 5) is 12.7. The molecule has 1 aliphatic rings. The van der Waals surface area contributed by atoms with Gasteiger partial charge in [-0.05, 0) is 24.6 Å². The van der Waals surface area contributed by atoms with Crippen molar-refractivity contribution in [3.05, 3.63) is 23.8 Å². The van der Waals surface area contributed by atoms with Gasteiger partial charge in [-0.2, -0.15) is 0 Å². The number of phenols is 2. The van der Waals surface area contributed by atoms with E-state index in [-0.39, 0.29) is 23.5 Å². The minimum atomic E-state index is -0.771. The molecular formula is C12H15NO4. The molecule has 1 aliphatic heterocycles. The minimum absolute atomic E-state index is 0.0106. The number of likely N-dealkylation sites (tertiary alicyclic amines) is 1. The molecule has 1 unspecified atom stereocenters. The fourth-order valence-electron chi connectivity index (χ4n) is 2.06. The van der Waals surface area contributed by atoms with E-state index in [4.69, 9.17) is 5.11 Å². The third-order valence-corrected chi connectivity index (χ3v) is 3.21. The van der Waals surface area contributed by atoms with Crippen molar-refractivity contribution in [1.29, 1.82) is 0 Å². The predicted octanol–water partition coefficient (Wildman–Crippen LogP) is 1.18. The Kier molecular flexibility index (Phi) is 2.93. The van der Waals surface area contributed by atoms with Crippen molar-refractivity contribution < 1.29 is 20.1 Å². The third kappa shape index (κ3) is 2.34. The second-order valence-electron chi connectivity index (χ2n) is 4.45. The molecule has 92 valence electrons. The van der Waals surface area contributed by atoms with Crippen LogP contribution in [0.15, 0.2) is 18.2 Å². The number of carbonyl (C=O) groups is 1. The van der Waals surface area contributed by atoms with E-state index in [0.29, 0.717) is 13.1 Å². The maximum atomic E-state index is 10.7. The monoisotopic (exact) mass is 237 g/mol. The molecule has 0 amide bonds. The zero-order valence-electron chi connectivity index (χ0n) is 9.50. The molecule has 1 aromatic rings. The van der Waals surface area contributed by atoms with E-state index >= 15 is 0 Å². The zero-order valence-corrected chi connectivity index (χ0v) is 9.50. The molecule has 5 heteroatoms. The van der Waals surface area contributed by atoms with E-state index in [1.54, 1.807) is 12.1 Å². The smallest absolute Gasteiger partial charge is 0.309 e. The van der Waals surface area contributed by atoms with E-state index in [1.165, 1.54) is 6.07 Å². The highest BCUT2D eigenvalue weighted by Crippen LogP contribution is 2.32. The Hall–Kier alpha value is -1.75. The second-order valence-corrected chi connectivity index (χ2v) is 4.45. The van der Waals surface area contributed by atoms with Crippen LogP contribution in [-0.4, -0.2) is 39.3 Å². The first kappa shape index (κ1) is 11.7. The molecule has 17 heavy (non-hydrogen) atoms. The van der Waals surface area contributed by atoms with Gasteiger partial charge in [0.25, 0.3) is 0 Å². The lowest BCUT2D eigenvalue weighted by atomic mass is 9.95. The van der Waals surface area contributed by atoms with Crippen LogP contribution in [0.3, 0.4) is 0 Å². The van der Waals surface area contributed by atoms with E-state index < -0.39 is 5.97 Å². The number of hydrogen-bond donors (Lipinski definition) is 3. The number of benzene rings is 1. The summed E-state index contributed by atoms with van der Waals surface area (Å²) >= 11 is 0. The maximum Gasteiger partial charge on any atom is 0.309 e. The van der Waals surface area contributed by atoms with Crippen LogP contribution in [0.2, 0.25) is 0 Å². The number of phenolic OH excluding ortho intramolecular Hbond substituents is 2. The van der Waals surface area contributed by atoms with Crippen LogP contribution in [-0.2, 0) is 4.79 Å². The van der Waals surface area contributed by atoms with Crippen LogP contribution in [0.5, 0.6) is 11.5 Å². The molecule has 2 rings (SSSR count). The molecule has 0 aromatic heterocycles. The van der Waals surface area contributed by atoms with E-state index in [1.807, 2.05) is 11.8 Å². The summed E-state index contributed by atoms with van der Waals surface area (Å²) in [7, 11) is 0. The molecular weight excluding hydrogens is 222 g/mol. The highest BCUT2D eigenvalue weighted by molar-refractivity contribution is 5.71. The largest absolute Gasteiger partial charge is 0.508 e. The number of nitrogens with zero attached hydrogens (tertiary/aromatic N) is 1. The first-order chi connectivity index (χ1) is 7.97. The van der Waals surface area contributed by atoms with E-state index in [9.17, 15) is 15.0 Å². The number of aliphatic carboxylic acids is 1. The highest BCUT2D eigenvalue weighted by Gasteiger charge is 2.35. The minimum Gasteiger partial charge on any atom is -0.508 e. The standard InChI is InChI=1S/C12H15NO4/c1-7(13-5-9(6-13)12(16)17)8-2-10(14)4-11(15)3-8/h2-4,7,9,14-15H,5-6H2,1H3,(H,16,17). The number of rotatable bonds is 3. The SMILES string of the molecule is CC(c1cc(O)cc(O)c1)N1CC(C(=O)O)C1. The van der Waals surface area contributed by atoms with Crippen molar-refractivity contribution in [3.8, 4) is 11.5 Å². The molecule has 1 aromatic carbocycles. The van der Waals surface area contributed by atoms with Gasteiger partial charge >= 0.3 is 5.97 Å². The second kappa shape index (κ2) is 4.25. The summed E-state index contributed by atoms with van der Waals surface area (Å²) < 4.78 is 0. The zero-order chi connectivity index (χ0) is 12.6. The van der Waals surface area contributed by atoms with Gasteiger partial charge in [-0.25, -0.2) is 0 Å². The molecule has 1 fully saturated rings. The Morgan fingerprint density at radius 1 is 1.29 bits per heavy atom. The van der Waals surface area contributed by atoms with Crippen molar-refractivity contribution in [3.63, 3.8) is 0 Å². The quantitative estimate of drug-likeness (QED) is 0.735. The van der Waals surface area contributed by atoms with Crippen LogP contribution >= 0.6 is 0 Å². The van der Waals surface area contributed by atoms with Gasteiger partial charge in [0.1, 0.15) is 11.5 Å². The Labute approximate surface area is 98.9 Å². The van der Waals surface area contributed by atoms with Crippen molar-refractivity contribution in [1.82, 2.24) is 4.90 Å². The number of hydrogen-bond acceptors (Lipinski definition) is 4. The number of carboxylic acid groups (broad SMARTS) is 1. The summed E-state index contributed by atoms with van der Waals surface area (Å²) in [6, 6.07) is 4.42. The van der Waals surface area contributed by atoms with Gasteiger partial charge < -0.3 is 15.3 Å². The van der Waals surface area contributed by atoms with Gasteiger partial charge in [0.2, 0.25) is 0 Å². The number of carboxylic acids is 1. The molecule has 1 saturated heterocycles. The normalized spacial score (nSPS) is 18.6. The summed E-state index contributed by atoms with van der Waals surface area (Å²) in [5, 5.41) is 27.6. The molecule has 1 atom stereocenters. The van der Waals surface area contributed by atoms with Crippen LogP contribution in [0.4, 0.5) is 0 Å². The van der Waals surface area contributed by atoms with Gasteiger partial charge in [0.05, 0.1) is 5.92 Å². The topological polar surface area (TPSA) is 81.0 Å². The fraction of sp³-hybridized carbons (Fsp3) is 0.417. The lowest BCUT2D eigenvalue weighted by Crippen LogP contribution is -2.51. The van der Waals surface area contributed by atoms with Gasteiger partial charge in [-0.1, -0.05) is 0 Å². The van der Waals surface area contributed by atoms with E-state index in [2.05, 4.69) is 0 Å². The first-order valence-corrected chi connectivity index (χ1v) is 5.47. The van der Waals surface area contributed by atoms with Crippen molar-refractivity contribution in [2.24, 2.45) is 5.92 Å². The maximum absolute atomic E-state index is 10.7. The van der Waals surface area contributed by atoms with Crippen molar-refractivity contribution >= 4 is 5.97 Å². The van der Waals surface area contributed by atoms with Crippen LogP contribution in [0.25, 0.3) is 0 Å². The van der Waals surface area contributed by atoms with Crippen LogP contribution in [0, 0.1) is 5.92 Å². The van der Waals surface area contributed by atoms with Crippen molar-refractivity contribution in [2.75, 3.05) is 13.1 Å². The molecule has 0 radical (unpaired) electrons. The van der Waals surface area contributed by atoms with Crippen LogP contribution < -0.4 is 0 Å². The fourth-order valence-corrected chi connectivity index (χ4v) is 2.06. The lowest BCUT2D eigenvalue weighted by molar-refractivity contribution is -0.148. The third-order valence-electron chi connectivity index (χ3n) is 3.21. The molecule has 3 N–H and O–H groups in total. The summed E-state index contributed by atoms with van der Waals surface area (Å²) in [5.74, 6) is -1.04.